The van der Waals surface area contributed by atoms with Gasteiger partial charge in [-0.2, -0.15) is 0 Å². The zero-order valence-electron chi connectivity index (χ0n) is 11.6. The first-order chi connectivity index (χ1) is 8.85. The summed E-state index contributed by atoms with van der Waals surface area (Å²) in [5.41, 5.74) is 0.445. The van der Waals surface area contributed by atoms with Gasteiger partial charge in [-0.1, -0.05) is 37.6 Å². The predicted molar refractivity (Wildman–Crippen MR) is 76.7 cm³/mol. The van der Waals surface area contributed by atoms with Crippen molar-refractivity contribution in [3.63, 3.8) is 0 Å². The molecule has 100 valence electrons. The molecular formula is C16H26N2. The molecule has 1 aliphatic heterocycles. The molecule has 2 atom stereocenters. The van der Waals surface area contributed by atoms with E-state index in [-0.39, 0.29) is 0 Å². The minimum atomic E-state index is 0.445. The van der Waals surface area contributed by atoms with Gasteiger partial charge in [-0.3, -0.25) is 4.90 Å². The highest BCUT2D eigenvalue weighted by Crippen LogP contribution is 2.53. The Labute approximate surface area is 111 Å². The van der Waals surface area contributed by atoms with E-state index in [4.69, 9.17) is 0 Å². The summed E-state index contributed by atoms with van der Waals surface area (Å²) in [6, 6.07) is 0. The van der Waals surface area contributed by atoms with Gasteiger partial charge in [0.15, 0.2) is 0 Å². The van der Waals surface area contributed by atoms with Crippen molar-refractivity contribution in [2.75, 3.05) is 32.7 Å². The Hall–Kier alpha value is -0.600. The Balaban J connectivity index is 1.54. The second-order valence-corrected chi connectivity index (χ2v) is 6.10. The molecule has 0 aromatic heterocycles. The van der Waals surface area contributed by atoms with Crippen molar-refractivity contribution >= 4 is 0 Å². The van der Waals surface area contributed by atoms with Crippen LogP contribution < -0.4 is 0 Å². The van der Waals surface area contributed by atoms with Gasteiger partial charge in [0, 0.05) is 31.7 Å². The first-order valence-corrected chi connectivity index (χ1v) is 7.67. The van der Waals surface area contributed by atoms with Crippen LogP contribution in [-0.4, -0.2) is 48.1 Å². The van der Waals surface area contributed by atoms with E-state index in [1.165, 1.54) is 58.4 Å². The Kier molecular flexibility index (Phi) is 3.58. The van der Waals surface area contributed by atoms with Gasteiger partial charge in [-0.05, 0) is 31.7 Å². The number of hydrogen-bond donors (Lipinski definition) is 0. The highest BCUT2D eigenvalue weighted by atomic mass is 15.3. The lowest BCUT2D eigenvalue weighted by Crippen LogP contribution is -2.51. The third kappa shape index (κ3) is 2.28. The summed E-state index contributed by atoms with van der Waals surface area (Å²) in [7, 11) is 0. The summed E-state index contributed by atoms with van der Waals surface area (Å²) in [5.74, 6) is 0.898. The zero-order valence-corrected chi connectivity index (χ0v) is 11.6. The normalized spacial score (nSPS) is 36.4. The second-order valence-electron chi connectivity index (χ2n) is 6.10. The van der Waals surface area contributed by atoms with Crippen LogP contribution in [0.25, 0.3) is 0 Å². The molecule has 1 unspecified atom stereocenters. The number of unbranched alkanes of at least 4 members (excludes halogenated alkanes) is 1. The van der Waals surface area contributed by atoms with Crippen molar-refractivity contribution in [3.8, 4) is 0 Å². The lowest BCUT2D eigenvalue weighted by atomic mass is 10.1. The number of hydrogen-bond acceptors (Lipinski definition) is 2. The number of allylic oxidation sites excluding steroid dienone is 3. The standard InChI is InChI=1S/C16H26N2/c1-2-3-9-17-10-12-18(13-11-17)16-8-6-4-5-7-15(16)14-16/h4-6,8,15H,2-3,7,9-14H2,1H3/t15?,16-/m0/s1. The summed E-state index contributed by atoms with van der Waals surface area (Å²) < 4.78 is 0. The second kappa shape index (κ2) is 5.18. The van der Waals surface area contributed by atoms with E-state index < -0.39 is 0 Å². The average molecular weight is 246 g/mol. The number of fused-ring (bicyclic) bond motifs is 1. The third-order valence-electron chi connectivity index (χ3n) is 4.96. The summed E-state index contributed by atoms with van der Waals surface area (Å²) in [6.07, 6.45) is 14.7. The summed E-state index contributed by atoms with van der Waals surface area (Å²) in [6.45, 7) is 8.67. The van der Waals surface area contributed by atoms with Gasteiger partial charge in [0.2, 0.25) is 0 Å². The maximum Gasteiger partial charge on any atom is 0.0430 e. The van der Waals surface area contributed by atoms with Crippen molar-refractivity contribution in [2.24, 2.45) is 5.92 Å². The largest absolute Gasteiger partial charge is 0.301 e. The minimum Gasteiger partial charge on any atom is -0.301 e. The molecule has 0 aromatic carbocycles. The zero-order chi connectivity index (χ0) is 12.4. The van der Waals surface area contributed by atoms with Crippen LogP contribution in [-0.2, 0) is 0 Å². The topological polar surface area (TPSA) is 6.48 Å². The number of rotatable bonds is 4. The first-order valence-electron chi connectivity index (χ1n) is 7.67. The first kappa shape index (κ1) is 12.4. The molecular weight excluding hydrogens is 220 g/mol. The van der Waals surface area contributed by atoms with E-state index in [9.17, 15) is 0 Å². The van der Waals surface area contributed by atoms with Crippen LogP contribution in [0.2, 0.25) is 0 Å². The minimum absolute atomic E-state index is 0.445. The molecule has 0 bridgehead atoms. The molecule has 2 nitrogen and oxygen atoms in total. The van der Waals surface area contributed by atoms with Gasteiger partial charge in [0.1, 0.15) is 0 Å². The van der Waals surface area contributed by atoms with Crippen molar-refractivity contribution in [3.05, 3.63) is 24.3 Å². The monoisotopic (exact) mass is 246 g/mol. The van der Waals surface area contributed by atoms with Crippen LogP contribution in [0.1, 0.15) is 32.6 Å². The van der Waals surface area contributed by atoms with Gasteiger partial charge in [0.05, 0.1) is 0 Å². The molecule has 0 radical (unpaired) electrons. The highest BCUT2D eigenvalue weighted by molar-refractivity contribution is 5.29. The van der Waals surface area contributed by atoms with E-state index in [2.05, 4.69) is 41.0 Å². The Morgan fingerprint density at radius 3 is 2.78 bits per heavy atom. The lowest BCUT2D eigenvalue weighted by Gasteiger charge is -2.39. The quantitative estimate of drug-likeness (QED) is 0.752. The molecule has 3 aliphatic rings. The summed E-state index contributed by atoms with van der Waals surface area (Å²) >= 11 is 0. The molecule has 2 aliphatic carbocycles. The van der Waals surface area contributed by atoms with Gasteiger partial charge in [-0.15, -0.1) is 0 Å². The number of nitrogens with zero attached hydrogens (tertiary/aromatic N) is 2. The molecule has 0 aromatic rings. The molecule has 0 N–H and O–H groups in total. The molecule has 0 spiro atoms. The van der Waals surface area contributed by atoms with Gasteiger partial charge in [-0.25, -0.2) is 0 Å². The SMILES string of the molecule is CCCCN1CCN([C@]23C=CC=CCC2C3)CC1. The fourth-order valence-electron chi connectivity index (χ4n) is 3.63. The van der Waals surface area contributed by atoms with Crippen LogP contribution in [0.15, 0.2) is 24.3 Å². The lowest BCUT2D eigenvalue weighted by molar-refractivity contribution is 0.0960. The molecule has 2 fully saturated rings. The highest BCUT2D eigenvalue weighted by Gasteiger charge is 2.55. The van der Waals surface area contributed by atoms with Gasteiger partial charge < -0.3 is 4.90 Å². The molecule has 3 rings (SSSR count). The van der Waals surface area contributed by atoms with Crippen LogP contribution in [0.5, 0.6) is 0 Å². The Bertz CT molecular complexity index is 339. The molecule has 1 heterocycles. The van der Waals surface area contributed by atoms with Crippen molar-refractivity contribution < 1.29 is 0 Å². The van der Waals surface area contributed by atoms with Crippen LogP contribution in [0.3, 0.4) is 0 Å². The van der Waals surface area contributed by atoms with Crippen LogP contribution in [0.4, 0.5) is 0 Å². The van der Waals surface area contributed by atoms with E-state index in [0.717, 1.165) is 5.92 Å². The smallest absolute Gasteiger partial charge is 0.0430 e. The molecule has 2 heteroatoms. The van der Waals surface area contributed by atoms with Crippen LogP contribution in [0, 0.1) is 5.92 Å². The van der Waals surface area contributed by atoms with Crippen molar-refractivity contribution in [2.45, 2.75) is 38.1 Å². The van der Waals surface area contributed by atoms with Crippen molar-refractivity contribution in [1.29, 1.82) is 0 Å². The Morgan fingerprint density at radius 2 is 2.00 bits per heavy atom. The van der Waals surface area contributed by atoms with Gasteiger partial charge >= 0.3 is 0 Å². The van der Waals surface area contributed by atoms with Gasteiger partial charge in [0.25, 0.3) is 0 Å². The van der Waals surface area contributed by atoms with E-state index in [0.29, 0.717) is 5.54 Å². The summed E-state index contributed by atoms with van der Waals surface area (Å²) in [4.78, 5) is 5.40. The number of piperazine rings is 1. The van der Waals surface area contributed by atoms with E-state index in [1.807, 2.05) is 0 Å². The van der Waals surface area contributed by atoms with Crippen molar-refractivity contribution in [1.82, 2.24) is 9.80 Å². The van der Waals surface area contributed by atoms with Crippen LogP contribution >= 0.6 is 0 Å². The molecule has 18 heavy (non-hydrogen) atoms. The maximum atomic E-state index is 2.75. The maximum absolute atomic E-state index is 2.75. The fourth-order valence-corrected chi connectivity index (χ4v) is 3.63. The molecule has 1 saturated carbocycles. The van der Waals surface area contributed by atoms with E-state index >= 15 is 0 Å². The Morgan fingerprint density at radius 1 is 1.17 bits per heavy atom. The predicted octanol–water partition coefficient (Wildman–Crippen LogP) is 2.68. The third-order valence-corrected chi connectivity index (χ3v) is 4.96. The molecule has 1 saturated heterocycles. The molecule has 0 amide bonds. The average Bonchev–Trinajstić information content (AvgIpc) is 3.12. The fraction of sp³-hybridized carbons (Fsp3) is 0.750. The summed E-state index contributed by atoms with van der Waals surface area (Å²) in [5, 5.41) is 0. The van der Waals surface area contributed by atoms with E-state index in [1.54, 1.807) is 0 Å².